The molecule has 3 rings (SSSR count). The van der Waals surface area contributed by atoms with Gasteiger partial charge < -0.3 is 9.73 Å². The quantitative estimate of drug-likeness (QED) is 0.383. The fourth-order valence-electron chi connectivity index (χ4n) is 2.04. The van der Waals surface area contributed by atoms with Crippen molar-refractivity contribution in [1.29, 1.82) is 0 Å². The number of rotatable bonds is 6. The normalized spacial score (nSPS) is 10.7. The predicted molar refractivity (Wildman–Crippen MR) is 106 cm³/mol. The van der Waals surface area contributed by atoms with E-state index in [0.717, 1.165) is 15.6 Å². The van der Waals surface area contributed by atoms with Gasteiger partial charge in [0.15, 0.2) is 10.2 Å². The highest BCUT2D eigenvalue weighted by molar-refractivity contribution is 7.99. The molecule has 25 heavy (non-hydrogen) atoms. The van der Waals surface area contributed by atoms with Crippen LogP contribution in [0.1, 0.15) is 11.3 Å². The van der Waals surface area contributed by atoms with Gasteiger partial charge in [-0.3, -0.25) is 5.43 Å². The smallest absolute Gasteiger partial charge is 0.187 e. The Morgan fingerprint density at radius 2 is 1.72 bits per heavy atom. The van der Waals surface area contributed by atoms with Gasteiger partial charge in [-0.25, -0.2) is 0 Å². The summed E-state index contributed by atoms with van der Waals surface area (Å²) in [6, 6.07) is 23.9. The van der Waals surface area contributed by atoms with Gasteiger partial charge in [-0.1, -0.05) is 60.3 Å². The van der Waals surface area contributed by atoms with Gasteiger partial charge in [0, 0.05) is 11.4 Å². The number of nitrogens with one attached hydrogen (secondary N) is 2. The molecule has 0 radical (unpaired) electrons. The Bertz CT molecular complexity index is 832. The second kappa shape index (κ2) is 9.05. The fraction of sp³-hybridized carbons (Fsp3) is 0.0526. The van der Waals surface area contributed by atoms with Crippen molar-refractivity contribution in [1.82, 2.24) is 10.7 Å². The van der Waals surface area contributed by atoms with Crippen molar-refractivity contribution in [2.45, 2.75) is 16.5 Å². The van der Waals surface area contributed by atoms with Gasteiger partial charge in [-0.2, -0.15) is 5.10 Å². The van der Waals surface area contributed by atoms with Gasteiger partial charge in [0.1, 0.15) is 5.76 Å². The van der Waals surface area contributed by atoms with Crippen molar-refractivity contribution in [2.24, 2.45) is 5.10 Å². The SMILES string of the molecule is S=C(NCc1ccccc1)NN=Cc1ccc(Sc2ccccc2)o1. The molecule has 6 heteroatoms. The van der Waals surface area contributed by atoms with E-state index in [4.69, 9.17) is 16.6 Å². The van der Waals surface area contributed by atoms with Crippen LogP contribution in [-0.2, 0) is 6.54 Å². The third-order valence-corrected chi connectivity index (χ3v) is 4.38. The Morgan fingerprint density at radius 1 is 1.00 bits per heavy atom. The number of hydrogen-bond acceptors (Lipinski definition) is 4. The molecule has 0 saturated heterocycles. The molecule has 126 valence electrons. The summed E-state index contributed by atoms with van der Waals surface area (Å²) >= 11 is 6.76. The minimum absolute atomic E-state index is 0.463. The third kappa shape index (κ3) is 5.77. The molecule has 0 saturated carbocycles. The highest BCUT2D eigenvalue weighted by atomic mass is 32.2. The molecular weight excluding hydrogens is 350 g/mol. The molecule has 0 fully saturated rings. The molecule has 4 nitrogen and oxygen atoms in total. The van der Waals surface area contributed by atoms with Crippen molar-refractivity contribution >= 4 is 35.3 Å². The molecule has 3 aromatic rings. The number of benzene rings is 2. The lowest BCUT2D eigenvalue weighted by Crippen LogP contribution is -2.31. The highest BCUT2D eigenvalue weighted by Crippen LogP contribution is 2.28. The minimum atomic E-state index is 0.463. The average Bonchev–Trinajstić information content (AvgIpc) is 3.09. The zero-order chi connectivity index (χ0) is 17.3. The van der Waals surface area contributed by atoms with E-state index in [9.17, 15) is 0 Å². The van der Waals surface area contributed by atoms with Crippen LogP contribution >= 0.6 is 24.0 Å². The van der Waals surface area contributed by atoms with Crippen LogP contribution in [0.15, 0.2) is 92.3 Å². The van der Waals surface area contributed by atoms with Gasteiger partial charge >= 0.3 is 0 Å². The summed E-state index contributed by atoms with van der Waals surface area (Å²) in [4.78, 5) is 1.13. The zero-order valence-electron chi connectivity index (χ0n) is 13.4. The van der Waals surface area contributed by atoms with Crippen LogP contribution in [-0.4, -0.2) is 11.3 Å². The number of nitrogens with zero attached hydrogens (tertiary/aromatic N) is 1. The predicted octanol–water partition coefficient (Wildman–Crippen LogP) is 4.43. The molecule has 2 N–H and O–H groups in total. The van der Waals surface area contributed by atoms with Crippen LogP contribution in [0.5, 0.6) is 0 Å². The first kappa shape index (κ1) is 17.3. The second-order valence-corrected chi connectivity index (χ2v) is 6.60. The summed E-state index contributed by atoms with van der Waals surface area (Å²) in [5, 5.41) is 8.47. The van der Waals surface area contributed by atoms with Crippen LogP contribution < -0.4 is 10.7 Å². The van der Waals surface area contributed by atoms with Crippen LogP contribution in [0.25, 0.3) is 0 Å². The fourth-order valence-corrected chi connectivity index (χ4v) is 2.96. The maximum atomic E-state index is 5.71. The van der Waals surface area contributed by atoms with E-state index in [2.05, 4.69) is 15.8 Å². The van der Waals surface area contributed by atoms with Gasteiger partial charge in [-0.15, -0.1) is 0 Å². The first-order chi connectivity index (χ1) is 12.3. The molecule has 0 spiro atoms. The molecule has 0 aliphatic heterocycles. The first-order valence-electron chi connectivity index (χ1n) is 7.73. The molecule has 1 aromatic heterocycles. The Balaban J connectivity index is 1.45. The number of hydrazone groups is 1. The maximum absolute atomic E-state index is 5.71. The van der Waals surface area contributed by atoms with Crippen LogP contribution in [0.2, 0.25) is 0 Å². The second-order valence-electron chi connectivity index (χ2n) is 5.11. The molecule has 0 aliphatic rings. The van der Waals surface area contributed by atoms with Gasteiger partial charge in [-0.05, 0) is 42.0 Å². The standard InChI is InChI=1S/C19H17N3OS2/c24-19(20-13-15-7-3-1-4-8-15)22-21-14-16-11-12-18(23-16)25-17-9-5-2-6-10-17/h1-12,14H,13H2,(H2,20,22,24). The van der Waals surface area contributed by atoms with Crippen molar-refractivity contribution in [2.75, 3.05) is 0 Å². The topological polar surface area (TPSA) is 49.6 Å². The molecular formula is C19H17N3OS2. The Kier molecular flexibility index (Phi) is 6.25. The number of thiocarbonyl (C=S) groups is 1. The summed E-state index contributed by atoms with van der Waals surface area (Å²) < 4.78 is 5.71. The van der Waals surface area contributed by atoms with E-state index in [1.807, 2.05) is 72.8 Å². The average molecular weight is 367 g/mol. The van der Waals surface area contributed by atoms with E-state index in [-0.39, 0.29) is 0 Å². The summed E-state index contributed by atoms with van der Waals surface area (Å²) in [5.41, 5.74) is 3.94. The largest absolute Gasteiger partial charge is 0.448 e. The van der Waals surface area contributed by atoms with Crippen molar-refractivity contribution < 1.29 is 4.42 Å². The minimum Gasteiger partial charge on any atom is -0.448 e. The van der Waals surface area contributed by atoms with Crippen molar-refractivity contribution in [3.05, 3.63) is 84.1 Å². The number of hydrogen-bond donors (Lipinski definition) is 2. The highest BCUT2D eigenvalue weighted by Gasteiger charge is 2.02. The third-order valence-electron chi connectivity index (χ3n) is 3.22. The van der Waals surface area contributed by atoms with Crippen LogP contribution in [0.4, 0.5) is 0 Å². The lowest BCUT2D eigenvalue weighted by molar-refractivity contribution is 0.469. The van der Waals surface area contributed by atoms with E-state index in [1.54, 1.807) is 18.0 Å². The monoisotopic (exact) mass is 367 g/mol. The Labute approximate surface area is 156 Å². The molecule has 2 aromatic carbocycles. The summed E-state index contributed by atoms with van der Waals surface area (Å²) in [7, 11) is 0. The molecule has 0 unspecified atom stereocenters. The molecule has 0 aliphatic carbocycles. The first-order valence-corrected chi connectivity index (χ1v) is 8.96. The van der Waals surface area contributed by atoms with E-state index < -0.39 is 0 Å². The van der Waals surface area contributed by atoms with Crippen LogP contribution in [0.3, 0.4) is 0 Å². The lowest BCUT2D eigenvalue weighted by Gasteiger charge is -2.06. The summed E-state index contributed by atoms with van der Waals surface area (Å²) in [6.45, 7) is 0.654. The van der Waals surface area contributed by atoms with Crippen molar-refractivity contribution in [3.63, 3.8) is 0 Å². The maximum Gasteiger partial charge on any atom is 0.187 e. The van der Waals surface area contributed by atoms with Crippen molar-refractivity contribution in [3.8, 4) is 0 Å². The van der Waals surface area contributed by atoms with Gasteiger partial charge in [0.25, 0.3) is 0 Å². The van der Waals surface area contributed by atoms with E-state index in [0.29, 0.717) is 17.4 Å². The molecule has 0 bridgehead atoms. The summed E-state index contributed by atoms with van der Waals surface area (Å²) in [5.74, 6) is 0.664. The van der Waals surface area contributed by atoms with Crippen LogP contribution in [0, 0.1) is 0 Å². The molecule has 1 heterocycles. The van der Waals surface area contributed by atoms with Gasteiger partial charge in [0.2, 0.25) is 0 Å². The zero-order valence-corrected chi connectivity index (χ0v) is 15.0. The summed E-state index contributed by atoms with van der Waals surface area (Å²) in [6.07, 6.45) is 1.60. The van der Waals surface area contributed by atoms with E-state index >= 15 is 0 Å². The van der Waals surface area contributed by atoms with Gasteiger partial charge in [0.05, 0.1) is 6.21 Å². The lowest BCUT2D eigenvalue weighted by atomic mass is 10.2. The molecule has 0 amide bonds. The Morgan fingerprint density at radius 3 is 2.48 bits per heavy atom. The number of furan rings is 1. The molecule has 0 atom stereocenters. The van der Waals surface area contributed by atoms with E-state index in [1.165, 1.54) is 0 Å². The Hall–Kier alpha value is -2.57.